The highest BCUT2D eigenvalue weighted by molar-refractivity contribution is 7.13. The van der Waals surface area contributed by atoms with Crippen LogP contribution in [-0.2, 0) is 4.79 Å². The molecular formula is C15H14Cl2N2O3S. The monoisotopic (exact) mass is 372 g/mol. The zero-order valence-corrected chi connectivity index (χ0v) is 14.3. The number of aliphatic carboxylic acids is 1. The average Bonchev–Trinajstić information content (AvgIpc) is 2.99. The molecule has 0 saturated carbocycles. The van der Waals surface area contributed by atoms with Crippen molar-refractivity contribution in [3.8, 4) is 10.6 Å². The second kappa shape index (κ2) is 8.29. The van der Waals surface area contributed by atoms with Gasteiger partial charge in [-0.2, -0.15) is 0 Å². The van der Waals surface area contributed by atoms with E-state index in [1.54, 1.807) is 23.6 Å². The van der Waals surface area contributed by atoms with Gasteiger partial charge < -0.3 is 10.4 Å². The molecule has 0 unspecified atom stereocenters. The molecule has 2 N–H and O–H groups in total. The number of nitrogens with one attached hydrogen (secondary N) is 1. The Kier molecular flexibility index (Phi) is 6.38. The maximum atomic E-state index is 12.0. The summed E-state index contributed by atoms with van der Waals surface area (Å²) < 4.78 is 0. The van der Waals surface area contributed by atoms with E-state index < -0.39 is 5.97 Å². The minimum atomic E-state index is -0.831. The van der Waals surface area contributed by atoms with E-state index in [4.69, 9.17) is 28.3 Å². The highest BCUT2D eigenvalue weighted by atomic mass is 35.5. The summed E-state index contributed by atoms with van der Waals surface area (Å²) in [7, 11) is 0. The molecule has 1 aromatic heterocycles. The van der Waals surface area contributed by atoms with E-state index in [-0.39, 0.29) is 12.3 Å². The minimum Gasteiger partial charge on any atom is -0.481 e. The summed E-state index contributed by atoms with van der Waals surface area (Å²) in [5, 5.41) is 14.5. The van der Waals surface area contributed by atoms with E-state index in [9.17, 15) is 9.59 Å². The maximum absolute atomic E-state index is 12.0. The van der Waals surface area contributed by atoms with Crippen LogP contribution >= 0.6 is 34.5 Å². The quantitative estimate of drug-likeness (QED) is 0.716. The molecule has 0 spiro atoms. The van der Waals surface area contributed by atoms with Crippen LogP contribution in [-0.4, -0.2) is 28.5 Å². The number of carboxylic acid groups (broad SMARTS) is 1. The normalized spacial score (nSPS) is 10.5. The van der Waals surface area contributed by atoms with Gasteiger partial charge >= 0.3 is 5.97 Å². The third-order valence-electron chi connectivity index (χ3n) is 3.01. The first kappa shape index (κ1) is 17.7. The third-order valence-corrected chi connectivity index (χ3v) is 4.64. The van der Waals surface area contributed by atoms with Gasteiger partial charge in [-0.25, -0.2) is 4.98 Å². The molecule has 0 fully saturated rings. The smallest absolute Gasteiger partial charge is 0.303 e. The fraction of sp³-hybridized carbons (Fsp3) is 0.267. The van der Waals surface area contributed by atoms with Crippen LogP contribution in [0.5, 0.6) is 0 Å². The van der Waals surface area contributed by atoms with Gasteiger partial charge in [-0.1, -0.05) is 29.3 Å². The van der Waals surface area contributed by atoms with Gasteiger partial charge in [0.1, 0.15) is 10.7 Å². The topological polar surface area (TPSA) is 79.3 Å². The lowest BCUT2D eigenvalue weighted by Gasteiger charge is -2.02. The molecule has 0 saturated heterocycles. The van der Waals surface area contributed by atoms with Gasteiger partial charge in [-0.05, 0) is 25.0 Å². The molecule has 8 heteroatoms. The van der Waals surface area contributed by atoms with Gasteiger partial charge in [0, 0.05) is 23.9 Å². The van der Waals surface area contributed by atoms with Crippen LogP contribution in [0.1, 0.15) is 29.8 Å². The van der Waals surface area contributed by atoms with Gasteiger partial charge in [-0.3, -0.25) is 9.59 Å². The van der Waals surface area contributed by atoms with Gasteiger partial charge in [-0.15, -0.1) is 11.3 Å². The van der Waals surface area contributed by atoms with Crippen molar-refractivity contribution in [2.45, 2.75) is 19.3 Å². The summed E-state index contributed by atoms with van der Waals surface area (Å²) in [6.45, 7) is 0.422. The lowest BCUT2D eigenvalue weighted by Crippen LogP contribution is -2.24. The molecule has 0 aliphatic heterocycles. The fourth-order valence-corrected chi connectivity index (χ4v) is 2.93. The van der Waals surface area contributed by atoms with E-state index in [1.807, 2.05) is 0 Å². The van der Waals surface area contributed by atoms with Crippen molar-refractivity contribution < 1.29 is 14.7 Å². The molecule has 2 rings (SSSR count). The van der Waals surface area contributed by atoms with Crippen molar-refractivity contribution in [1.82, 2.24) is 10.3 Å². The molecular weight excluding hydrogens is 359 g/mol. The van der Waals surface area contributed by atoms with Crippen LogP contribution in [0.4, 0.5) is 0 Å². The van der Waals surface area contributed by atoms with E-state index in [1.165, 1.54) is 11.3 Å². The average molecular weight is 373 g/mol. The number of hydrogen-bond acceptors (Lipinski definition) is 4. The number of nitrogens with zero attached hydrogens (tertiary/aromatic N) is 1. The predicted octanol–water partition coefficient (Wildman–Crippen LogP) is 4.10. The molecule has 23 heavy (non-hydrogen) atoms. The number of unbranched alkanes of at least 4 members (excludes halogenated alkanes) is 1. The molecule has 0 aliphatic carbocycles. The standard InChI is InChI=1S/C15H14Cl2N2O3S/c16-10-5-4-9(7-11(10)17)15-19-12(8-23-15)14(22)18-6-2-1-3-13(20)21/h4-5,7-8H,1-3,6H2,(H,18,22)(H,20,21). The largest absolute Gasteiger partial charge is 0.481 e. The molecule has 0 atom stereocenters. The SMILES string of the molecule is O=C(O)CCCCNC(=O)c1csc(-c2ccc(Cl)c(Cl)c2)n1. The molecule has 0 aliphatic rings. The van der Waals surface area contributed by atoms with Crippen LogP contribution in [0.3, 0.4) is 0 Å². The zero-order chi connectivity index (χ0) is 16.8. The summed E-state index contributed by atoms with van der Waals surface area (Å²) in [6.07, 6.45) is 1.25. The number of halogens is 2. The zero-order valence-electron chi connectivity index (χ0n) is 12.0. The number of benzene rings is 1. The lowest BCUT2D eigenvalue weighted by molar-refractivity contribution is -0.137. The van der Waals surface area contributed by atoms with Crippen LogP contribution < -0.4 is 5.32 Å². The summed E-state index contributed by atoms with van der Waals surface area (Å²) in [5.41, 5.74) is 1.12. The van der Waals surface area contributed by atoms with Crippen LogP contribution in [0.25, 0.3) is 10.6 Å². The Labute approximate surface area is 147 Å². The highest BCUT2D eigenvalue weighted by Crippen LogP contribution is 2.30. The highest BCUT2D eigenvalue weighted by Gasteiger charge is 2.12. The van der Waals surface area contributed by atoms with E-state index in [2.05, 4.69) is 10.3 Å². The Morgan fingerprint density at radius 1 is 1.22 bits per heavy atom. The Morgan fingerprint density at radius 2 is 2.00 bits per heavy atom. The first-order valence-electron chi connectivity index (χ1n) is 6.88. The van der Waals surface area contributed by atoms with Gasteiger partial charge in [0.05, 0.1) is 10.0 Å². The minimum absolute atomic E-state index is 0.105. The van der Waals surface area contributed by atoms with E-state index in [0.29, 0.717) is 40.1 Å². The molecule has 0 bridgehead atoms. The van der Waals surface area contributed by atoms with E-state index >= 15 is 0 Å². The number of aromatic nitrogens is 1. The molecule has 2 aromatic rings. The second-order valence-corrected chi connectivity index (χ2v) is 6.45. The number of thiazole rings is 1. The van der Waals surface area contributed by atoms with Crippen molar-refractivity contribution in [3.05, 3.63) is 39.3 Å². The Bertz CT molecular complexity index is 718. The van der Waals surface area contributed by atoms with Crippen molar-refractivity contribution in [1.29, 1.82) is 0 Å². The van der Waals surface area contributed by atoms with E-state index in [0.717, 1.165) is 5.56 Å². The van der Waals surface area contributed by atoms with Gasteiger partial charge in [0.15, 0.2) is 0 Å². The lowest BCUT2D eigenvalue weighted by atomic mass is 10.2. The Balaban J connectivity index is 1.92. The molecule has 1 aromatic carbocycles. The first-order chi connectivity index (χ1) is 11.0. The number of carbonyl (C=O) groups is 2. The Hall–Kier alpha value is -1.63. The van der Waals surface area contributed by atoms with Crippen LogP contribution in [0.15, 0.2) is 23.6 Å². The maximum Gasteiger partial charge on any atom is 0.303 e. The predicted molar refractivity (Wildman–Crippen MR) is 91.4 cm³/mol. The summed E-state index contributed by atoms with van der Waals surface area (Å²) in [6, 6.07) is 5.18. The number of amides is 1. The number of hydrogen-bond donors (Lipinski definition) is 2. The number of rotatable bonds is 7. The first-order valence-corrected chi connectivity index (χ1v) is 8.52. The van der Waals surface area contributed by atoms with Crippen molar-refractivity contribution in [2.75, 3.05) is 6.54 Å². The van der Waals surface area contributed by atoms with Crippen LogP contribution in [0.2, 0.25) is 10.0 Å². The summed E-state index contributed by atoms with van der Waals surface area (Å²) in [5.74, 6) is -1.11. The molecule has 122 valence electrons. The fourth-order valence-electron chi connectivity index (χ4n) is 1.83. The second-order valence-electron chi connectivity index (χ2n) is 4.77. The molecule has 1 amide bonds. The number of carbonyl (C=O) groups excluding carboxylic acids is 1. The van der Waals surface area contributed by atoms with Crippen molar-refractivity contribution in [2.24, 2.45) is 0 Å². The van der Waals surface area contributed by atoms with Crippen molar-refractivity contribution >= 4 is 46.4 Å². The van der Waals surface area contributed by atoms with Crippen LogP contribution in [0, 0.1) is 0 Å². The van der Waals surface area contributed by atoms with Gasteiger partial charge in [0.2, 0.25) is 0 Å². The van der Waals surface area contributed by atoms with Crippen molar-refractivity contribution in [3.63, 3.8) is 0 Å². The Morgan fingerprint density at radius 3 is 2.70 bits per heavy atom. The number of carboxylic acids is 1. The van der Waals surface area contributed by atoms with Gasteiger partial charge in [0.25, 0.3) is 5.91 Å². The third kappa shape index (κ3) is 5.20. The summed E-state index contributed by atoms with van der Waals surface area (Å²) >= 11 is 13.2. The molecule has 0 radical (unpaired) electrons. The summed E-state index contributed by atoms with van der Waals surface area (Å²) in [4.78, 5) is 26.7. The molecule has 5 nitrogen and oxygen atoms in total. The molecule has 1 heterocycles.